The zero-order valence-electron chi connectivity index (χ0n) is 10.9. The minimum atomic E-state index is -0.344. The number of carbonyl (C=O) groups is 1. The number of rotatable bonds is 3. The van der Waals surface area contributed by atoms with Crippen LogP contribution in [0.2, 0.25) is 0 Å². The molecule has 0 bridgehead atoms. The summed E-state index contributed by atoms with van der Waals surface area (Å²) in [5, 5.41) is 11.9. The monoisotopic (exact) mass is 256 g/mol. The molecule has 0 aliphatic heterocycles. The number of amides is 1. The summed E-state index contributed by atoms with van der Waals surface area (Å²) >= 11 is 0. The lowest BCUT2D eigenvalue weighted by Crippen LogP contribution is -2.15. The van der Waals surface area contributed by atoms with Gasteiger partial charge in [0.05, 0.1) is 12.8 Å². The maximum atomic E-state index is 12.2. The van der Waals surface area contributed by atoms with E-state index in [-0.39, 0.29) is 11.5 Å². The molecule has 1 saturated carbocycles. The van der Waals surface area contributed by atoms with Crippen LogP contribution in [0.15, 0.2) is 35.4 Å². The van der Waals surface area contributed by atoms with Gasteiger partial charge in [-0.25, -0.2) is 0 Å². The summed E-state index contributed by atoms with van der Waals surface area (Å²) < 4.78 is 5.17. The Labute approximate surface area is 112 Å². The van der Waals surface area contributed by atoms with Crippen molar-refractivity contribution < 1.29 is 9.53 Å². The van der Waals surface area contributed by atoms with Gasteiger partial charge in [-0.1, -0.05) is 12.1 Å². The van der Waals surface area contributed by atoms with Gasteiger partial charge < -0.3 is 10.1 Å². The van der Waals surface area contributed by atoms with Gasteiger partial charge in [0, 0.05) is 0 Å². The zero-order chi connectivity index (χ0) is 13.7. The van der Waals surface area contributed by atoms with Crippen LogP contribution in [-0.2, 0) is 4.79 Å². The van der Waals surface area contributed by atoms with Crippen molar-refractivity contribution in [2.75, 3.05) is 12.4 Å². The van der Waals surface area contributed by atoms with E-state index >= 15 is 0 Å². The Balaban J connectivity index is 2.21. The smallest absolute Gasteiger partial charge is 0.266 e. The quantitative estimate of drug-likeness (QED) is 0.668. The van der Waals surface area contributed by atoms with Crippen LogP contribution < -0.4 is 10.1 Å². The molecule has 98 valence electrons. The molecule has 1 fully saturated rings. The second-order valence-corrected chi connectivity index (χ2v) is 4.45. The molecule has 1 aliphatic rings. The third kappa shape index (κ3) is 2.94. The molecule has 1 aromatic rings. The summed E-state index contributed by atoms with van der Waals surface area (Å²) in [6, 6.07) is 9.19. The van der Waals surface area contributed by atoms with Gasteiger partial charge in [-0.05, 0) is 43.4 Å². The van der Waals surface area contributed by atoms with Gasteiger partial charge in [-0.15, -0.1) is 0 Å². The van der Waals surface area contributed by atoms with Crippen LogP contribution in [0.25, 0.3) is 0 Å². The van der Waals surface area contributed by atoms with Gasteiger partial charge in [0.2, 0.25) is 0 Å². The topological polar surface area (TPSA) is 62.1 Å². The Morgan fingerprint density at radius 2 is 2.00 bits per heavy atom. The lowest BCUT2D eigenvalue weighted by Gasteiger charge is -2.10. The zero-order valence-corrected chi connectivity index (χ0v) is 10.9. The van der Waals surface area contributed by atoms with Crippen molar-refractivity contribution in [3.8, 4) is 11.8 Å². The third-order valence-electron chi connectivity index (χ3n) is 3.25. The van der Waals surface area contributed by atoms with Crippen LogP contribution in [0.3, 0.4) is 0 Å². The summed E-state index contributed by atoms with van der Waals surface area (Å²) in [6.45, 7) is 0. The van der Waals surface area contributed by atoms with Crippen LogP contribution in [0.5, 0.6) is 5.75 Å². The number of allylic oxidation sites excluding steroid dienone is 1. The fourth-order valence-corrected chi connectivity index (χ4v) is 2.27. The van der Waals surface area contributed by atoms with Crippen LogP contribution in [0.1, 0.15) is 25.7 Å². The van der Waals surface area contributed by atoms with Crippen molar-refractivity contribution in [2.24, 2.45) is 0 Å². The average molecular weight is 256 g/mol. The normalized spacial score (nSPS) is 13.8. The van der Waals surface area contributed by atoms with Crippen molar-refractivity contribution >= 4 is 11.6 Å². The van der Waals surface area contributed by atoms with Crippen molar-refractivity contribution in [3.05, 3.63) is 35.4 Å². The van der Waals surface area contributed by atoms with Crippen molar-refractivity contribution in [3.63, 3.8) is 0 Å². The number of para-hydroxylation sites is 2. The molecule has 1 amide bonds. The van der Waals surface area contributed by atoms with E-state index in [4.69, 9.17) is 10.00 Å². The molecule has 1 N–H and O–H groups in total. The molecule has 4 heteroatoms. The Kier molecular flexibility index (Phi) is 4.19. The number of hydrogen-bond donors (Lipinski definition) is 1. The maximum Gasteiger partial charge on any atom is 0.266 e. The highest BCUT2D eigenvalue weighted by atomic mass is 16.5. The van der Waals surface area contributed by atoms with Crippen LogP contribution in [0, 0.1) is 11.3 Å². The van der Waals surface area contributed by atoms with Crippen LogP contribution in [0.4, 0.5) is 5.69 Å². The largest absolute Gasteiger partial charge is 0.495 e. The summed E-state index contributed by atoms with van der Waals surface area (Å²) in [5.74, 6) is 0.244. The lowest BCUT2D eigenvalue weighted by molar-refractivity contribution is -0.112. The molecule has 1 aliphatic carbocycles. The first kappa shape index (κ1) is 13.2. The van der Waals surface area contributed by atoms with Crippen molar-refractivity contribution in [1.82, 2.24) is 0 Å². The van der Waals surface area contributed by atoms with E-state index in [1.807, 2.05) is 18.2 Å². The molecule has 0 heterocycles. The number of nitrogens with zero attached hydrogens (tertiary/aromatic N) is 1. The van der Waals surface area contributed by atoms with E-state index in [2.05, 4.69) is 5.32 Å². The highest BCUT2D eigenvalue weighted by Crippen LogP contribution is 2.28. The Morgan fingerprint density at radius 3 is 2.63 bits per heavy atom. The Hall–Kier alpha value is -2.28. The van der Waals surface area contributed by atoms with E-state index in [1.165, 1.54) is 0 Å². The molecule has 0 unspecified atom stereocenters. The van der Waals surface area contributed by atoms with Gasteiger partial charge in [0.15, 0.2) is 0 Å². The molecule has 0 spiro atoms. The van der Waals surface area contributed by atoms with Crippen LogP contribution in [-0.4, -0.2) is 13.0 Å². The number of methoxy groups -OCH3 is 1. The highest BCUT2D eigenvalue weighted by Gasteiger charge is 2.19. The van der Waals surface area contributed by atoms with E-state index in [0.717, 1.165) is 31.3 Å². The van der Waals surface area contributed by atoms with E-state index in [0.29, 0.717) is 11.4 Å². The Morgan fingerprint density at radius 1 is 1.32 bits per heavy atom. The van der Waals surface area contributed by atoms with Crippen molar-refractivity contribution in [1.29, 1.82) is 5.26 Å². The molecule has 4 nitrogen and oxygen atoms in total. The fraction of sp³-hybridized carbons (Fsp3) is 0.333. The predicted octanol–water partition coefficient (Wildman–Crippen LogP) is 3.03. The summed E-state index contributed by atoms with van der Waals surface area (Å²) in [5.41, 5.74) is 1.81. The number of benzene rings is 1. The molecule has 0 aromatic heterocycles. The van der Waals surface area contributed by atoms with Gasteiger partial charge >= 0.3 is 0 Å². The van der Waals surface area contributed by atoms with Crippen molar-refractivity contribution in [2.45, 2.75) is 25.7 Å². The minimum Gasteiger partial charge on any atom is -0.495 e. The summed E-state index contributed by atoms with van der Waals surface area (Å²) in [7, 11) is 1.55. The first-order valence-electron chi connectivity index (χ1n) is 6.32. The Bertz CT molecular complexity index is 548. The average Bonchev–Trinajstić information content (AvgIpc) is 2.94. The van der Waals surface area contributed by atoms with E-state index < -0.39 is 0 Å². The molecular weight excluding hydrogens is 240 g/mol. The van der Waals surface area contributed by atoms with Crippen LogP contribution >= 0.6 is 0 Å². The first-order chi connectivity index (χ1) is 9.26. The van der Waals surface area contributed by atoms with Gasteiger partial charge in [-0.2, -0.15) is 5.26 Å². The summed E-state index contributed by atoms with van der Waals surface area (Å²) in [6.07, 6.45) is 3.81. The van der Waals surface area contributed by atoms with Gasteiger partial charge in [-0.3, -0.25) is 4.79 Å². The second kappa shape index (κ2) is 6.05. The summed E-state index contributed by atoms with van der Waals surface area (Å²) in [4.78, 5) is 12.2. The molecular formula is C15H16N2O2. The van der Waals surface area contributed by atoms with Gasteiger partial charge in [0.25, 0.3) is 5.91 Å². The number of anilines is 1. The molecule has 0 atom stereocenters. The first-order valence-corrected chi connectivity index (χ1v) is 6.32. The molecule has 1 aromatic carbocycles. The second-order valence-electron chi connectivity index (χ2n) is 4.45. The SMILES string of the molecule is COc1ccccc1NC(=O)C(C#N)=C1CCCC1. The molecule has 19 heavy (non-hydrogen) atoms. The number of carbonyl (C=O) groups excluding carboxylic acids is 1. The number of hydrogen-bond acceptors (Lipinski definition) is 3. The van der Waals surface area contributed by atoms with E-state index in [1.54, 1.807) is 19.2 Å². The predicted molar refractivity (Wildman–Crippen MR) is 72.7 cm³/mol. The molecule has 2 rings (SSSR count). The number of nitrogens with one attached hydrogen (secondary N) is 1. The minimum absolute atomic E-state index is 0.253. The third-order valence-corrected chi connectivity index (χ3v) is 3.25. The molecule has 0 saturated heterocycles. The number of nitriles is 1. The van der Waals surface area contributed by atoms with Gasteiger partial charge in [0.1, 0.15) is 17.4 Å². The standard InChI is InChI=1S/C15H16N2O2/c1-19-14-9-5-4-8-13(14)17-15(18)12(10-16)11-6-2-3-7-11/h4-5,8-9H,2-3,6-7H2,1H3,(H,17,18). The highest BCUT2D eigenvalue weighted by molar-refractivity contribution is 6.07. The molecule has 0 radical (unpaired) electrons. The fourth-order valence-electron chi connectivity index (χ4n) is 2.27. The number of ether oxygens (including phenoxy) is 1. The maximum absolute atomic E-state index is 12.2. The lowest BCUT2D eigenvalue weighted by atomic mass is 10.1. The van der Waals surface area contributed by atoms with E-state index in [9.17, 15) is 4.79 Å².